The normalized spacial score (nSPS) is 19.9. The summed E-state index contributed by atoms with van der Waals surface area (Å²) in [5.41, 5.74) is 10.5. The number of benzene rings is 1. The van der Waals surface area contributed by atoms with Crippen LogP contribution in [-0.2, 0) is 18.3 Å². The molecule has 3 N–H and O–H groups in total. The third-order valence-electron chi connectivity index (χ3n) is 6.88. The van der Waals surface area contributed by atoms with Gasteiger partial charge in [0.25, 0.3) is 5.91 Å². The predicted molar refractivity (Wildman–Crippen MR) is 138 cm³/mol. The van der Waals surface area contributed by atoms with E-state index in [-0.39, 0.29) is 10.9 Å². The third kappa shape index (κ3) is 4.95. The second kappa shape index (κ2) is 9.96. The summed E-state index contributed by atoms with van der Waals surface area (Å²) in [5, 5.41) is 16.8. The predicted octanol–water partition coefficient (Wildman–Crippen LogP) is 2.70. The number of amides is 1. The van der Waals surface area contributed by atoms with E-state index >= 15 is 0 Å². The number of fused-ring (bicyclic) bond motifs is 1. The Kier molecular flexibility index (Phi) is 6.37. The molecule has 0 unspecified atom stereocenters. The minimum absolute atomic E-state index is 0.0372. The first-order valence-corrected chi connectivity index (χ1v) is 13.0. The Bertz CT molecular complexity index is 1430. The number of carbonyl (C=O) groups is 1. The lowest BCUT2D eigenvalue weighted by atomic mass is 9.91. The largest absolute Gasteiger partial charge is 0.380 e. The highest BCUT2D eigenvalue weighted by Crippen LogP contribution is 2.38. The quantitative estimate of drug-likeness (QED) is 0.395. The van der Waals surface area contributed by atoms with Crippen molar-refractivity contribution in [3.63, 3.8) is 0 Å². The number of hydrogen-bond donors (Lipinski definition) is 2. The van der Waals surface area contributed by atoms with Gasteiger partial charge in [0.05, 0.1) is 24.2 Å². The fourth-order valence-electron chi connectivity index (χ4n) is 5.04. The van der Waals surface area contributed by atoms with Crippen molar-refractivity contribution in [1.29, 1.82) is 0 Å². The number of nitrogens with zero attached hydrogens (tertiary/aromatic N) is 7. The van der Waals surface area contributed by atoms with E-state index in [1.165, 1.54) is 22.5 Å². The van der Waals surface area contributed by atoms with Gasteiger partial charge >= 0.3 is 0 Å². The molecule has 0 spiro atoms. The number of hydrogen-bond acceptors (Lipinski definition) is 10. The number of carbonyl (C=O) groups excluding carboxylic acids is 1. The highest BCUT2D eigenvalue weighted by Gasteiger charge is 2.31. The van der Waals surface area contributed by atoms with Crippen LogP contribution < -0.4 is 11.1 Å². The molecule has 0 bridgehead atoms. The van der Waals surface area contributed by atoms with Crippen LogP contribution in [0.5, 0.6) is 0 Å². The molecule has 190 valence electrons. The van der Waals surface area contributed by atoms with Crippen molar-refractivity contribution in [2.75, 3.05) is 25.1 Å². The van der Waals surface area contributed by atoms with E-state index in [1.807, 2.05) is 19.3 Å². The molecule has 12 heteroatoms. The van der Waals surface area contributed by atoms with E-state index in [0.29, 0.717) is 12.0 Å². The van der Waals surface area contributed by atoms with Gasteiger partial charge in [0.15, 0.2) is 0 Å². The van der Waals surface area contributed by atoms with Crippen LogP contribution in [0.3, 0.4) is 0 Å². The molecule has 1 amide bonds. The van der Waals surface area contributed by atoms with Crippen molar-refractivity contribution in [1.82, 2.24) is 34.8 Å². The summed E-state index contributed by atoms with van der Waals surface area (Å²) in [6.45, 7) is 3.26. The maximum atomic E-state index is 11.7. The molecular weight excluding hydrogens is 490 g/mol. The molecule has 6 rings (SSSR count). The number of aromatic nitrogens is 6. The van der Waals surface area contributed by atoms with Crippen molar-refractivity contribution in [3.05, 3.63) is 64.0 Å². The summed E-state index contributed by atoms with van der Waals surface area (Å²) in [6.07, 6.45) is 7.26. The number of rotatable bonds is 6. The second-order valence-corrected chi connectivity index (χ2v) is 10.4. The first kappa shape index (κ1) is 23.6. The monoisotopic (exact) mass is 517 g/mol. The van der Waals surface area contributed by atoms with Gasteiger partial charge in [0.2, 0.25) is 11.0 Å². The molecule has 11 nitrogen and oxygen atoms in total. The smallest absolute Gasteiger partial charge is 0.279 e. The zero-order valence-electron chi connectivity index (χ0n) is 20.4. The summed E-state index contributed by atoms with van der Waals surface area (Å²) < 4.78 is 7.42. The molecule has 4 aromatic rings. The summed E-state index contributed by atoms with van der Waals surface area (Å²) in [5.74, 6) is 0.00297. The minimum atomic E-state index is -0.544. The summed E-state index contributed by atoms with van der Waals surface area (Å²) >= 11 is 1.28. The van der Waals surface area contributed by atoms with Crippen LogP contribution in [0.2, 0.25) is 0 Å². The summed E-state index contributed by atoms with van der Waals surface area (Å²) in [7, 11) is 1.86. The average Bonchev–Trinajstić information content (AvgIpc) is 3.65. The average molecular weight is 518 g/mol. The van der Waals surface area contributed by atoms with Crippen LogP contribution in [0.25, 0.3) is 11.3 Å². The van der Waals surface area contributed by atoms with Gasteiger partial charge in [-0.3, -0.25) is 14.4 Å². The van der Waals surface area contributed by atoms with Crippen molar-refractivity contribution >= 4 is 28.9 Å². The lowest BCUT2D eigenvalue weighted by Crippen LogP contribution is -2.35. The van der Waals surface area contributed by atoms with Gasteiger partial charge < -0.3 is 15.8 Å². The van der Waals surface area contributed by atoms with Gasteiger partial charge in [0, 0.05) is 50.1 Å². The van der Waals surface area contributed by atoms with Gasteiger partial charge in [0.1, 0.15) is 5.01 Å². The molecule has 1 aromatic carbocycles. The molecular formula is C25H27N9O2S. The van der Waals surface area contributed by atoms with Crippen molar-refractivity contribution in [2.45, 2.75) is 31.3 Å². The topological polar surface area (TPSA) is 137 Å². The zero-order valence-corrected chi connectivity index (χ0v) is 21.2. The number of aryl methyl sites for hydroxylation is 1. The summed E-state index contributed by atoms with van der Waals surface area (Å²) in [4.78, 5) is 23.3. The molecule has 5 heterocycles. The van der Waals surface area contributed by atoms with Gasteiger partial charge in [-0.15, -0.1) is 10.2 Å². The minimum Gasteiger partial charge on any atom is -0.380 e. The Balaban J connectivity index is 1.35. The van der Waals surface area contributed by atoms with Gasteiger partial charge in [-0.2, -0.15) is 5.10 Å². The first-order valence-electron chi connectivity index (χ1n) is 12.2. The molecule has 0 radical (unpaired) electrons. The van der Waals surface area contributed by atoms with E-state index in [9.17, 15) is 4.79 Å². The van der Waals surface area contributed by atoms with E-state index in [2.05, 4.69) is 48.7 Å². The van der Waals surface area contributed by atoms with Crippen LogP contribution in [-0.4, -0.2) is 66.6 Å². The number of ether oxygens (including phenoxy) is 1. The highest BCUT2D eigenvalue weighted by molar-refractivity contribution is 7.13. The Labute approximate surface area is 217 Å². The molecule has 1 saturated heterocycles. The van der Waals surface area contributed by atoms with Crippen molar-refractivity contribution in [2.24, 2.45) is 12.8 Å². The fourth-order valence-corrected chi connectivity index (χ4v) is 5.89. The molecule has 37 heavy (non-hydrogen) atoms. The third-order valence-corrected chi connectivity index (χ3v) is 7.93. The fraction of sp³-hybridized carbons (Fsp3) is 0.360. The van der Waals surface area contributed by atoms with Crippen molar-refractivity contribution < 1.29 is 9.53 Å². The maximum absolute atomic E-state index is 11.7. The number of anilines is 2. The van der Waals surface area contributed by atoms with Crippen molar-refractivity contribution in [3.8, 4) is 11.3 Å². The lowest BCUT2D eigenvalue weighted by molar-refractivity contribution is 0.0999. The first-order chi connectivity index (χ1) is 18.0. The number of nitrogens with one attached hydrogen (secondary N) is 1. The Morgan fingerprint density at radius 3 is 2.92 bits per heavy atom. The lowest BCUT2D eigenvalue weighted by Gasteiger charge is -2.26. The molecule has 2 atom stereocenters. The molecule has 0 saturated carbocycles. The molecule has 2 aliphatic rings. The van der Waals surface area contributed by atoms with Crippen LogP contribution in [0.4, 0.5) is 11.6 Å². The van der Waals surface area contributed by atoms with E-state index < -0.39 is 5.91 Å². The van der Waals surface area contributed by atoms with E-state index in [1.54, 1.807) is 17.1 Å². The highest BCUT2D eigenvalue weighted by atomic mass is 32.1. The maximum Gasteiger partial charge on any atom is 0.279 e. The van der Waals surface area contributed by atoms with Crippen LogP contribution in [0, 0.1) is 0 Å². The standard InChI is InChI=1S/C25H27N9O2S/c1-33-13-17(11-28-33)29-25-27-7-4-21(30-25)15-2-3-19-16(10-15)12-34(18-6-9-36-14-18)8-5-20(19)23-31-32-24(37-23)22(26)35/h2-4,7,10-11,13,18,20H,5-6,8-9,12,14H2,1H3,(H2,26,35)(H,27,29,30)/t18-,20+/m0/s1. The van der Waals surface area contributed by atoms with Crippen LogP contribution in [0.1, 0.15) is 44.7 Å². The molecule has 2 aliphatic heterocycles. The Hall–Kier alpha value is -3.74. The van der Waals surface area contributed by atoms with Gasteiger partial charge in [-0.05, 0) is 42.6 Å². The van der Waals surface area contributed by atoms with E-state index in [4.69, 9.17) is 15.5 Å². The second-order valence-electron chi connectivity index (χ2n) is 9.35. The Morgan fingerprint density at radius 2 is 2.16 bits per heavy atom. The molecule has 1 fully saturated rings. The van der Waals surface area contributed by atoms with E-state index in [0.717, 1.165) is 61.1 Å². The molecule has 3 aromatic heterocycles. The zero-order chi connectivity index (χ0) is 25.4. The van der Waals surface area contributed by atoms with Gasteiger partial charge in [-0.1, -0.05) is 23.5 Å². The summed E-state index contributed by atoms with van der Waals surface area (Å²) in [6, 6.07) is 8.76. The molecule has 0 aliphatic carbocycles. The van der Waals surface area contributed by atoms with Crippen LogP contribution in [0.15, 0.2) is 42.9 Å². The SMILES string of the molecule is Cn1cc(Nc2nccc(-c3ccc4c(c3)CN([C@H]3CCOC3)CC[C@H]4c3nnc(C(N)=O)s3)n2)cn1. The van der Waals surface area contributed by atoms with Crippen LogP contribution >= 0.6 is 11.3 Å². The number of primary amides is 1. The number of nitrogens with two attached hydrogens (primary N) is 1. The van der Waals surface area contributed by atoms with Gasteiger partial charge in [-0.25, -0.2) is 9.97 Å². The Morgan fingerprint density at radius 1 is 1.24 bits per heavy atom.